The van der Waals surface area contributed by atoms with Crippen LogP contribution in [-0.2, 0) is 0 Å². The highest BCUT2D eigenvalue weighted by atomic mass is 19.2. The molecule has 0 atom stereocenters. The maximum Gasteiger partial charge on any atom is 0.255 e. The van der Waals surface area contributed by atoms with Gasteiger partial charge >= 0.3 is 0 Å². The van der Waals surface area contributed by atoms with Gasteiger partial charge in [-0.25, -0.2) is 8.78 Å². The minimum absolute atomic E-state index is 0.207. The van der Waals surface area contributed by atoms with Crippen molar-refractivity contribution in [3.8, 4) is 11.1 Å². The predicted molar refractivity (Wildman–Crippen MR) is 56.8 cm³/mol. The number of rotatable bonds is 1. The van der Waals surface area contributed by atoms with Gasteiger partial charge in [0.1, 0.15) is 0 Å². The predicted octanol–water partition coefficient (Wildman–Crippen LogP) is 1.90. The van der Waals surface area contributed by atoms with Crippen LogP contribution in [0.3, 0.4) is 0 Å². The number of hydrogen-bond donors (Lipinski definition) is 2. The number of nitrogens with two attached hydrogens (primary N) is 1. The summed E-state index contributed by atoms with van der Waals surface area (Å²) in [5, 5.41) is 0. The lowest BCUT2D eigenvalue weighted by Gasteiger charge is -2.02. The molecule has 0 spiro atoms. The Balaban J connectivity index is 2.63. The molecule has 0 bridgehead atoms. The first-order valence-electron chi connectivity index (χ1n) is 4.51. The molecular weight excluding hydrogens is 214 g/mol. The topological polar surface area (TPSA) is 58.9 Å². The quantitative estimate of drug-likeness (QED) is 0.774. The SMILES string of the molecule is Nc1c[nH]c(=O)c(-c2ccc(F)c(F)c2)c1. The van der Waals surface area contributed by atoms with Gasteiger partial charge in [0.25, 0.3) is 5.56 Å². The number of aromatic nitrogens is 1. The Morgan fingerprint density at radius 2 is 1.88 bits per heavy atom. The summed E-state index contributed by atoms with van der Waals surface area (Å²) in [6.07, 6.45) is 1.34. The third-order valence-corrected chi connectivity index (χ3v) is 2.16. The fraction of sp³-hybridized carbons (Fsp3) is 0. The van der Waals surface area contributed by atoms with E-state index in [0.29, 0.717) is 5.69 Å². The normalized spacial score (nSPS) is 10.4. The van der Waals surface area contributed by atoms with Crippen LogP contribution >= 0.6 is 0 Å². The first-order valence-corrected chi connectivity index (χ1v) is 4.51. The number of halogens is 2. The van der Waals surface area contributed by atoms with Gasteiger partial charge < -0.3 is 10.7 Å². The molecule has 1 heterocycles. The number of anilines is 1. The van der Waals surface area contributed by atoms with Crippen LogP contribution in [0.4, 0.5) is 14.5 Å². The number of benzene rings is 1. The molecule has 0 saturated heterocycles. The van der Waals surface area contributed by atoms with E-state index in [2.05, 4.69) is 4.98 Å². The third-order valence-electron chi connectivity index (χ3n) is 2.16. The van der Waals surface area contributed by atoms with Crippen molar-refractivity contribution in [2.24, 2.45) is 0 Å². The average Bonchev–Trinajstić information content (AvgIpc) is 2.26. The van der Waals surface area contributed by atoms with Crippen LogP contribution in [-0.4, -0.2) is 4.98 Å². The summed E-state index contributed by atoms with van der Waals surface area (Å²) in [6.45, 7) is 0. The van der Waals surface area contributed by atoms with E-state index in [0.717, 1.165) is 12.1 Å². The van der Waals surface area contributed by atoms with Gasteiger partial charge in [-0.3, -0.25) is 4.79 Å². The highest BCUT2D eigenvalue weighted by molar-refractivity contribution is 5.65. The van der Waals surface area contributed by atoms with Crippen molar-refractivity contribution in [3.05, 3.63) is 52.5 Å². The number of nitrogen functional groups attached to an aromatic ring is 1. The Hall–Kier alpha value is -2.17. The van der Waals surface area contributed by atoms with E-state index in [1.54, 1.807) is 0 Å². The second-order valence-corrected chi connectivity index (χ2v) is 3.30. The molecule has 0 radical (unpaired) electrons. The summed E-state index contributed by atoms with van der Waals surface area (Å²) in [6, 6.07) is 4.65. The Labute approximate surface area is 89.5 Å². The number of pyridine rings is 1. The minimum atomic E-state index is -1.00. The van der Waals surface area contributed by atoms with Crippen LogP contribution in [0, 0.1) is 11.6 Å². The molecule has 2 aromatic rings. The van der Waals surface area contributed by atoms with E-state index in [1.807, 2.05) is 0 Å². The van der Waals surface area contributed by atoms with Gasteiger partial charge in [-0.15, -0.1) is 0 Å². The first kappa shape index (κ1) is 10.4. The highest BCUT2D eigenvalue weighted by Gasteiger charge is 2.07. The molecule has 0 saturated carbocycles. The maximum atomic E-state index is 13.0. The van der Waals surface area contributed by atoms with Gasteiger partial charge in [0, 0.05) is 17.4 Å². The molecule has 0 amide bonds. The summed E-state index contributed by atoms with van der Waals surface area (Å²) in [4.78, 5) is 13.8. The molecule has 1 aromatic carbocycles. The number of H-pyrrole nitrogens is 1. The van der Waals surface area contributed by atoms with Crippen molar-refractivity contribution >= 4 is 5.69 Å². The summed E-state index contributed by atoms with van der Waals surface area (Å²) < 4.78 is 25.7. The Kier molecular flexibility index (Phi) is 2.44. The maximum absolute atomic E-state index is 13.0. The summed E-state index contributed by atoms with van der Waals surface area (Å²) in [7, 11) is 0. The molecule has 1 aromatic heterocycles. The molecule has 82 valence electrons. The van der Waals surface area contributed by atoms with E-state index >= 15 is 0 Å². The zero-order chi connectivity index (χ0) is 11.7. The third kappa shape index (κ3) is 1.79. The van der Waals surface area contributed by atoms with Crippen molar-refractivity contribution in [3.63, 3.8) is 0 Å². The van der Waals surface area contributed by atoms with Gasteiger partial charge in [-0.05, 0) is 23.8 Å². The second kappa shape index (κ2) is 3.77. The van der Waals surface area contributed by atoms with Gasteiger partial charge in [0.15, 0.2) is 11.6 Å². The van der Waals surface area contributed by atoms with Crippen molar-refractivity contribution in [2.75, 3.05) is 5.73 Å². The van der Waals surface area contributed by atoms with Crippen LogP contribution in [0.1, 0.15) is 0 Å². The van der Waals surface area contributed by atoms with Crippen molar-refractivity contribution in [1.82, 2.24) is 4.98 Å². The summed E-state index contributed by atoms with van der Waals surface area (Å²) in [5.41, 5.74) is 5.93. The van der Waals surface area contributed by atoms with E-state index in [4.69, 9.17) is 5.73 Å². The molecular formula is C11H8F2N2O. The number of hydrogen-bond acceptors (Lipinski definition) is 2. The fourth-order valence-electron chi connectivity index (χ4n) is 1.38. The van der Waals surface area contributed by atoms with E-state index in [1.165, 1.54) is 18.3 Å². The van der Waals surface area contributed by atoms with Crippen molar-refractivity contribution in [2.45, 2.75) is 0 Å². The largest absolute Gasteiger partial charge is 0.398 e. The van der Waals surface area contributed by atoms with Gasteiger partial charge in [0.2, 0.25) is 0 Å². The van der Waals surface area contributed by atoms with Gasteiger partial charge in [-0.1, -0.05) is 6.07 Å². The second-order valence-electron chi connectivity index (χ2n) is 3.30. The van der Waals surface area contributed by atoms with E-state index in [-0.39, 0.29) is 11.1 Å². The highest BCUT2D eigenvalue weighted by Crippen LogP contribution is 2.19. The standard InChI is InChI=1S/C11H8F2N2O/c12-9-2-1-6(3-10(9)13)8-4-7(14)5-15-11(8)16/h1-5H,14H2,(H,15,16). The smallest absolute Gasteiger partial charge is 0.255 e. The minimum Gasteiger partial charge on any atom is -0.398 e. The molecule has 0 aliphatic heterocycles. The van der Waals surface area contributed by atoms with Gasteiger partial charge in [-0.2, -0.15) is 0 Å². The van der Waals surface area contributed by atoms with Crippen LogP contribution in [0.5, 0.6) is 0 Å². The molecule has 2 rings (SSSR count). The van der Waals surface area contributed by atoms with Crippen LogP contribution in [0.15, 0.2) is 35.3 Å². The molecule has 0 aliphatic carbocycles. The lowest BCUT2D eigenvalue weighted by Crippen LogP contribution is -2.09. The van der Waals surface area contributed by atoms with Crippen LogP contribution in [0.2, 0.25) is 0 Å². The molecule has 0 fully saturated rings. The Bertz CT molecular complexity index is 593. The number of aromatic amines is 1. The molecule has 3 N–H and O–H groups in total. The van der Waals surface area contributed by atoms with Crippen LogP contribution < -0.4 is 11.3 Å². The van der Waals surface area contributed by atoms with Gasteiger partial charge in [0.05, 0.1) is 0 Å². The zero-order valence-corrected chi connectivity index (χ0v) is 8.13. The summed E-state index contributed by atoms with van der Waals surface area (Å²) in [5.74, 6) is -1.96. The van der Waals surface area contributed by atoms with E-state index in [9.17, 15) is 13.6 Å². The lowest BCUT2D eigenvalue weighted by molar-refractivity contribution is 0.509. The first-order chi connectivity index (χ1) is 7.58. The van der Waals surface area contributed by atoms with Crippen molar-refractivity contribution in [1.29, 1.82) is 0 Å². The monoisotopic (exact) mass is 222 g/mol. The molecule has 0 aliphatic rings. The van der Waals surface area contributed by atoms with Crippen molar-refractivity contribution < 1.29 is 8.78 Å². The zero-order valence-electron chi connectivity index (χ0n) is 8.13. The van der Waals surface area contributed by atoms with Crippen LogP contribution in [0.25, 0.3) is 11.1 Å². The molecule has 16 heavy (non-hydrogen) atoms. The average molecular weight is 222 g/mol. The fourth-order valence-corrected chi connectivity index (χ4v) is 1.38. The molecule has 0 unspecified atom stereocenters. The molecule has 3 nitrogen and oxygen atoms in total. The Morgan fingerprint density at radius 3 is 2.56 bits per heavy atom. The number of nitrogens with one attached hydrogen (secondary N) is 1. The van der Waals surface area contributed by atoms with E-state index < -0.39 is 17.2 Å². The lowest BCUT2D eigenvalue weighted by atomic mass is 10.1. The molecule has 5 heteroatoms. The summed E-state index contributed by atoms with van der Waals surface area (Å²) >= 11 is 0. The Morgan fingerprint density at radius 1 is 1.12 bits per heavy atom.